The topological polar surface area (TPSA) is 21.3 Å². The lowest BCUT2D eigenvalue weighted by Gasteiger charge is -2.23. The molecule has 2 aromatic rings. The lowest BCUT2D eigenvalue weighted by molar-refractivity contribution is 0.171. The Morgan fingerprint density at radius 3 is 2.85 bits per heavy atom. The summed E-state index contributed by atoms with van der Waals surface area (Å²) in [6, 6.07) is 7.47. The molecular formula is C16H22FNOS. The summed E-state index contributed by atoms with van der Waals surface area (Å²) in [6.45, 7) is 6.04. The van der Waals surface area contributed by atoms with Crippen molar-refractivity contribution in [2.24, 2.45) is 5.92 Å². The van der Waals surface area contributed by atoms with Crippen LogP contribution < -0.4 is 5.32 Å². The lowest BCUT2D eigenvalue weighted by atomic mass is 9.97. The highest BCUT2D eigenvalue weighted by atomic mass is 32.1. The maximum absolute atomic E-state index is 13.3. The van der Waals surface area contributed by atoms with Crippen LogP contribution in [0.1, 0.15) is 31.2 Å². The minimum absolute atomic E-state index is 0.168. The smallest absolute Gasteiger partial charge is 0.124 e. The summed E-state index contributed by atoms with van der Waals surface area (Å²) >= 11 is 1.68. The molecule has 1 aromatic heterocycles. The molecule has 0 saturated carbocycles. The quantitative estimate of drug-likeness (QED) is 0.819. The number of benzene rings is 1. The Bertz CT molecular complexity index is 554. The molecule has 0 fully saturated rings. The molecule has 0 radical (unpaired) electrons. The van der Waals surface area contributed by atoms with Crippen LogP contribution in [0.2, 0.25) is 0 Å². The van der Waals surface area contributed by atoms with Crippen molar-refractivity contribution >= 4 is 21.4 Å². The third kappa shape index (κ3) is 3.57. The highest BCUT2D eigenvalue weighted by Gasteiger charge is 2.20. The van der Waals surface area contributed by atoms with Gasteiger partial charge in [-0.25, -0.2) is 4.39 Å². The molecule has 1 N–H and O–H groups in total. The van der Waals surface area contributed by atoms with Crippen LogP contribution in [0.15, 0.2) is 24.3 Å². The van der Waals surface area contributed by atoms with Crippen molar-refractivity contribution in [2.45, 2.75) is 26.3 Å². The van der Waals surface area contributed by atoms with Gasteiger partial charge in [-0.1, -0.05) is 19.9 Å². The van der Waals surface area contributed by atoms with Crippen molar-refractivity contribution in [3.05, 3.63) is 35.0 Å². The van der Waals surface area contributed by atoms with Crippen molar-refractivity contribution in [3.63, 3.8) is 0 Å². The van der Waals surface area contributed by atoms with E-state index in [1.165, 1.54) is 10.9 Å². The highest BCUT2D eigenvalue weighted by molar-refractivity contribution is 7.19. The van der Waals surface area contributed by atoms with E-state index in [1.807, 2.05) is 6.07 Å². The van der Waals surface area contributed by atoms with Crippen molar-refractivity contribution in [1.82, 2.24) is 5.32 Å². The number of methoxy groups -OCH3 is 1. The van der Waals surface area contributed by atoms with Gasteiger partial charge in [0, 0.05) is 29.3 Å². The van der Waals surface area contributed by atoms with E-state index in [0.717, 1.165) is 29.7 Å². The normalized spacial score (nSPS) is 14.6. The first-order chi connectivity index (χ1) is 9.65. The van der Waals surface area contributed by atoms with Gasteiger partial charge in [0.2, 0.25) is 0 Å². The fraction of sp³-hybridized carbons (Fsp3) is 0.500. The second-order valence-electron chi connectivity index (χ2n) is 5.13. The molecule has 2 atom stereocenters. The molecule has 2 unspecified atom stereocenters. The van der Waals surface area contributed by atoms with Gasteiger partial charge < -0.3 is 10.1 Å². The Balaban J connectivity index is 2.26. The van der Waals surface area contributed by atoms with Crippen molar-refractivity contribution in [3.8, 4) is 0 Å². The van der Waals surface area contributed by atoms with Crippen LogP contribution in [-0.2, 0) is 4.74 Å². The lowest BCUT2D eigenvalue weighted by Crippen LogP contribution is -2.26. The van der Waals surface area contributed by atoms with Crippen molar-refractivity contribution in [1.29, 1.82) is 0 Å². The maximum Gasteiger partial charge on any atom is 0.124 e. The Labute approximate surface area is 124 Å². The summed E-state index contributed by atoms with van der Waals surface area (Å²) in [5, 5.41) is 4.66. The molecule has 0 aliphatic rings. The molecule has 1 heterocycles. The average Bonchev–Trinajstić information content (AvgIpc) is 2.84. The summed E-state index contributed by atoms with van der Waals surface area (Å²) < 4.78 is 19.5. The first kappa shape index (κ1) is 15.4. The minimum atomic E-state index is -0.168. The van der Waals surface area contributed by atoms with Gasteiger partial charge in [-0.2, -0.15) is 0 Å². The van der Waals surface area contributed by atoms with E-state index in [9.17, 15) is 4.39 Å². The van der Waals surface area contributed by atoms with Crippen molar-refractivity contribution < 1.29 is 9.13 Å². The van der Waals surface area contributed by atoms with Crippen molar-refractivity contribution in [2.75, 3.05) is 20.3 Å². The van der Waals surface area contributed by atoms with E-state index in [1.54, 1.807) is 24.5 Å². The van der Waals surface area contributed by atoms with E-state index in [2.05, 4.69) is 25.2 Å². The summed E-state index contributed by atoms with van der Waals surface area (Å²) in [5.74, 6) is 0.311. The predicted molar refractivity (Wildman–Crippen MR) is 83.9 cm³/mol. The van der Waals surface area contributed by atoms with Crippen LogP contribution in [0.4, 0.5) is 4.39 Å². The van der Waals surface area contributed by atoms with Crippen LogP contribution in [0.3, 0.4) is 0 Å². The molecule has 2 rings (SSSR count). The third-order valence-corrected chi connectivity index (χ3v) is 4.76. The van der Waals surface area contributed by atoms with Crippen LogP contribution in [-0.4, -0.2) is 20.3 Å². The van der Waals surface area contributed by atoms with Gasteiger partial charge >= 0.3 is 0 Å². The van der Waals surface area contributed by atoms with E-state index in [4.69, 9.17) is 4.74 Å². The molecule has 0 spiro atoms. The molecular weight excluding hydrogens is 273 g/mol. The van der Waals surface area contributed by atoms with Gasteiger partial charge in [0.1, 0.15) is 5.82 Å². The molecule has 110 valence electrons. The molecule has 4 heteroatoms. The van der Waals surface area contributed by atoms with Crippen LogP contribution in [0, 0.1) is 11.7 Å². The number of nitrogens with one attached hydrogen (secondary N) is 1. The van der Waals surface area contributed by atoms with Gasteiger partial charge in [0.15, 0.2) is 0 Å². The number of fused-ring (bicyclic) bond motifs is 1. The summed E-state index contributed by atoms with van der Waals surface area (Å²) in [4.78, 5) is 1.27. The van der Waals surface area contributed by atoms with E-state index >= 15 is 0 Å². The Kier molecular flexibility index (Phi) is 5.52. The molecule has 0 bridgehead atoms. The minimum Gasteiger partial charge on any atom is -0.385 e. The van der Waals surface area contributed by atoms with E-state index in [-0.39, 0.29) is 5.82 Å². The largest absolute Gasteiger partial charge is 0.385 e. The van der Waals surface area contributed by atoms with Crippen LogP contribution in [0.25, 0.3) is 10.1 Å². The number of ether oxygens (including phenoxy) is 1. The van der Waals surface area contributed by atoms with Gasteiger partial charge in [0.25, 0.3) is 0 Å². The molecule has 20 heavy (non-hydrogen) atoms. The van der Waals surface area contributed by atoms with Crippen LogP contribution >= 0.6 is 11.3 Å². The fourth-order valence-electron chi connectivity index (χ4n) is 2.45. The molecule has 1 aromatic carbocycles. The highest BCUT2D eigenvalue weighted by Crippen LogP contribution is 2.34. The number of thiophene rings is 1. The number of hydrogen-bond acceptors (Lipinski definition) is 3. The van der Waals surface area contributed by atoms with Gasteiger partial charge in [-0.3, -0.25) is 0 Å². The van der Waals surface area contributed by atoms with Crippen LogP contribution in [0.5, 0.6) is 0 Å². The summed E-state index contributed by atoms with van der Waals surface area (Å²) in [7, 11) is 1.73. The Hall–Kier alpha value is -0.970. The molecule has 0 aliphatic carbocycles. The second kappa shape index (κ2) is 7.16. The van der Waals surface area contributed by atoms with Gasteiger partial charge in [-0.15, -0.1) is 11.3 Å². The number of hydrogen-bond donors (Lipinski definition) is 1. The van der Waals surface area contributed by atoms with Gasteiger partial charge in [0.05, 0.1) is 0 Å². The average molecular weight is 295 g/mol. The Morgan fingerprint density at radius 2 is 2.15 bits per heavy atom. The monoisotopic (exact) mass is 295 g/mol. The standard InChI is InChI=1S/C16H22FNOS/c1-4-18-16(11(2)7-8-19-3)15-9-12-5-6-13(17)10-14(12)20-15/h5-6,9-11,16,18H,4,7-8H2,1-3H3. The molecule has 2 nitrogen and oxygen atoms in total. The summed E-state index contributed by atoms with van der Waals surface area (Å²) in [5.41, 5.74) is 0. The van der Waals surface area contributed by atoms with E-state index < -0.39 is 0 Å². The molecule has 0 saturated heterocycles. The molecule has 0 aliphatic heterocycles. The second-order valence-corrected chi connectivity index (χ2v) is 6.24. The van der Waals surface area contributed by atoms with E-state index in [0.29, 0.717) is 12.0 Å². The zero-order valence-corrected chi connectivity index (χ0v) is 13.1. The SMILES string of the molecule is CCNC(c1cc2ccc(F)cc2s1)C(C)CCOC. The Morgan fingerprint density at radius 1 is 1.35 bits per heavy atom. The zero-order chi connectivity index (χ0) is 14.5. The number of halogens is 1. The number of rotatable bonds is 7. The van der Waals surface area contributed by atoms with Gasteiger partial charge in [-0.05, 0) is 42.5 Å². The summed E-state index contributed by atoms with van der Waals surface area (Å²) in [6.07, 6.45) is 1.01. The predicted octanol–water partition coefficient (Wildman–Crippen LogP) is 4.36. The maximum atomic E-state index is 13.3. The third-order valence-electron chi connectivity index (χ3n) is 3.58. The first-order valence-corrected chi connectivity index (χ1v) is 7.88. The fourth-order valence-corrected chi connectivity index (χ4v) is 3.75. The first-order valence-electron chi connectivity index (χ1n) is 7.07. The molecule has 0 amide bonds. The zero-order valence-electron chi connectivity index (χ0n) is 12.3.